The Kier molecular flexibility index (Phi) is 19.9. The second kappa shape index (κ2) is 16.2. The van der Waals surface area contributed by atoms with Crippen LogP contribution in [0.25, 0.3) is 11.3 Å². The van der Waals surface area contributed by atoms with Gasteiger partial charge in [0.15, 0.2) is 0 Å². The predicted octanol–water partition coefficient (Wildman–Crippen LogP) is 6.28. The summed E-state index contributed by atoms with van der Waals surface area (Å²) in [5, 5.41) is 0. The minimum absolute atomic E-state index is 0. The summed E-state index contributed by atoms with van der Waals surface area (Å²) < 4.78 is 0. The number of hydrogen-bond donors (Lipinski definition) is 0. The molecule has 0 aromatic heterocycles. The van der Waals surface area contributed by atoms with Gasteiger partial charge in [-0.1, -0.05) is 56.6 Å². The molecule has 1 aromatic rings. The first-order chi connectivity index (χ1) is 8.83. The van der Waals surface area contributed by atoms with Crippen molar-refractivity contribution in [2.24, 2.45) is 0 Å². The van der Waals surface area contributed by atoms with E-state index in [1.165, 1.54) is 16.7 Å². The molecule has 0 bridgehead atoms. The van der Waals surface area contributed by atoms with Gasteiger partial charge in [-0.15, -0.1) is 42.5 Å². The minimum Gasteiger partial charge on any atom is -0.677 e. The van der Waals surface area contributed by atoms with Crippen molar-refractivity contribution in [1.82, 2.24) is 0 Å². The molecule has 1 aliphatic carbocycles. The largest absolute Gasteiger partial charge is 2.00 e. The number of nitrogens with one attached hydrogen (secondary N) is 1. The van der Waals surface area contributed by atoms with Crippen LogP contribution in [0.2, 0.25) is 0 Å². The Balaban J connectivity index is -0.000000360. The van der Waals surface area contributed by atoms with Gasteiger partial charge < -0.3 is 5.73 Å². The van der Waals surface area contributed by atoms with Gasteiger partial charge in [-0.25, -0.2) is 0 Å². The molecule has 0 saturated carbocycles. The summed E-state index contributed by atoms with van der Waals surface area (Å²) in [7, 11) is 0. The Labute approximate surface area is 157 Å². The zero-order valence-electron chi connectivity index (χ0n) is 12.8. The average Bonchev–Trinajstić information content (AvgIpc) is 2.94. The first-order valence-electron chi connectivity index (χ1n) is 6.72. The maximum Gasteiger partial charge on any atom is 2.00 e. The van der Waals surface area contributed by atoms with E-state index in [0.717, 1.165) is 19.3 Å². The van der Waals surface area contributed by atoms with E-state index in [1.54, 1.807) is 0 Å². The summed E-state index contributed by atoms with van der Waals surface area (Å²) in [6.45, 7) is 4.77. The van der Waals surface area contributed by atoms with E-state index < -0.39 is 0 Å². The fourth-order valence-electron chi connectivity index (χ4n) is 1.86. The van der Waals surface area contributed by atoms with Crippen LogP contribution in [0, 0.1) is 6.42 Å². The van der Waals surface area contributed by atoms with Gasteiger partial charge in [0.25, 0.3) is 0 Å². The maximum absolute atomic E-state index is 6.60. The predicted molar refractivity (Wildman–Crippen MR) is 95.8 cm³/mol. The molecule has 1 N–H and O–H groups in total. The number of hydrogen-bond acceptors (Lipinski definition) is 0. The molecule has 0 heterocycles. The first kappa shape index (κ1) is 25.8. The molecule has 0 unspecified atom stereocenters. The van der Waals surface area contributed by atoms with Crippen LogP contribution in [0.15, 0.2) is 42.5 Å². The van der Waals surface area contributed by atoms with Gasteiger partial charge in [0.2, 0.25) is 0 Å². The Morgan fingerprint density at radius 2 is 1.86 bits per heavy atom. The molecular weight excluding hydrogens is 337 g/mol. The first-order valence-corrected chi connectivity index (χ1v) is 6.72. The fraction of sp³-hybridized carbons (Fsp3) is 0.353. The van der Waals surface area contributed by atoms with Crippen molar-refractivity contribution in [3.63, 3.8) is 0 Å². The van der Waals surface area contributed by atoms with Crippen LogP contribution in [-0.2, 0) is 21.7 Å². The van der Waals surface area contributed by atoms with E-state index in [4.69, 9.17) is 5.73 Å². The summed E-state index contributed by atoms with van der Waals surface area (Å²) in [6, 6.07) is 8.53. The normalized spacial score (nSPS) is 10.9. The topological polar surface area (TPSA) is 23.8 Å². The Bertz CT molecular complexity index is 415. The average molecular weight is 362 g/mol. The summed E-state index contributed by atoms with van der Waals surface area (Å²) in [5.74, 6) is 0. The van der Waals surface area contributed by atoms with Gasteiger partial charge in [-0.3, -0.25) is 0 Å². The molecule has 0 atom stereocenters. The van der Waals surface area contributed by atoms with Crippen LogP contribution in [-0.4, -0.2) is 6.54 Å². The van der Waals surface area contributed by atoms with E-state index in [1.807, 2.05) is 0 Å². The van der Waals surface area contributed by atoms with Crippen molar-refractivity contribution in [2.75, 3.05) is 6.54 Å². The molecule has 4 heteroatoms. The van der Waals surface area contributed by atoms with E-state index >= 15 is 0 Å². The molecule has 21 heavy (non-hydrogen) atoms. The molecule has 0 saturated heterocycles. The molecule has 1 aromatic carbocycles. The van der Waals surface area contributed by atoms with Crippen LogP contribution >= 0.6 is 24.8 Å². The third-order valence-corrected chi connectivity index (χ3v) is 2.92. The Morgan fingerprint density at radius 3 is 2.29 bits per heavy atom. The molecule has 0 fully saturated rings. The van der Waals surface area contributed by atoms with Gasteiger partial charge in [-0.05, 0) is 6.42 Å². The van der Waals surface area contributed by atoms with Crippen molar-refractivity contribution < 1.29 is 21.7 Å². The fourth-order valence-corrected chi connectivity index (χ4v) is 1.86. The molecule has 1 aliphatic rings. The van der Waals surface area contributed by atoms with Crippen molar-refractivity contribution in [3.05, 3.63) is 65.8 Å². The number of benzene rings is 1. The molecule has 0 radical (unpaired) electrons. The van der Waals surface area contributed by atoms with Crippen molar-refractivity contribution in [3.8, 4) is 0 Å². The third-order valence-electron chi connectivity index (χ3n) is 2.92. The number of halogens is 2. The van der Waals surface area contributed by atoms with E-state index in [-0.39, 0.29) is 46.5 Å². The van der Waals surface area contributed by atoms with Crippen molar-refractivity contribution in [2.45, 2.75) is 33.1 Å². The monoisotopic (exact) mass is 361 g/mol. The van der Waals surface area contributed by atoms with Crippen LogP contribution < -0.4 is 0 Å². The SMILES string of the molecule is CCCC[NH-].C[CH-]c1ccccc1C1=CC=CC1.Cl.Cl.[Ti+2]. The van der Waals surface area contributed by atoms with E-state index in [2.05, 4.69) is 62.8 Å². The number of unbranched alkanes of at least 4 members (excludes halogenated alkanes) is 1. The molecule has 1 nitrogen and oxygen atoms in total. The van der Waals surface area contributed by atoms with Crippen LogP contribution in [0.3, 0.4) is 0 Å². The third kappa shape index (κ3) is 9.44. The quantitative estimate of drug-likeness (QED) is 0.445. The number of allylic oxidation sites excluding steroid dienone is 4. The van der Waals surface area contributed by atoms with Gasteiger partial charge >= 0.3 is 21.7 Å². The van der Waals surface area contributed by atoms with Crippen molar-refractivity contribution in [1.29, 1.82) is 0 Å². The zero-order valence-corrected chi connectivity index (χ0v) is 16.0. The Morgan fingerprint density at radius 1 is 1.19 bits per heavy atom. The van der Waals surface area contributed by atoms with Crippen LogP contribution in [0.5, 0.6) is 0 Å². The minimum atomic E-state index is 0. The number of rotatable bonds is 4. The summed E-state index contributed by atoms with van der Waals surface area (Å²) >= 11 is 0. The molecule has 2 rings (SSSR count). The molecule has 0 amide bonds. The molecule has 0 aliphatic heterocycles. The second-order valence-corrected chi connectivity index (χ2v) is 4.30. The standard InChI is InChI=1S/C13H13.C4H10N.2ClH.Ti/c1-2-11-7-5-6-10-13(11)12-8-3-4-9-12;1-2-3-4-5;;;/h2-8,10H,9H2,1H3;5H,2-4H2,1H3;2*1H;/q2*-1;;;+2. The van der Waals surface area contributed by atoms with Gasteiger partial charge in [0, 0.05) is 0 Å². The van der Waals surface area contributed by atoms with Crippen molar-refractivity contribution >= 4 is 30.4 Å². The Hall–Kier alpha value is -0.176. The molecule has 0 spiro atoms. The van der Waals surface area contributed by atoms with Gasteiger partial charge in [-0.2, -0.15) is 24.6 Å². The molecular formula is C17H25Cl2NTi. The maximum atomic E-state index is 6.60. The zero-order chi connectivity index (χ0) is 13.2. The summed E-state index contributed by atoms with van der Waals surface area (Å²) in [6.07, 6.45) is 12.0. The van der Waals surface area contributed by atoms with Crippen LogP contribution in [0.4, 0.5) is 0 Å². The van der Waals surface area contributed by atoms with E-state index in [9.17, 15) is 0 Å². The summed E-state index contributed by atoms with van der Waals surface area (Å²) in [5.41, 5.74) is 10.7. The van der Waals surface area contributed by atoms with Crippen LogP contribution in [0.1, 0.15) is 44.2 Å². The van der Waals surface area contributed by atoms with E-state index in [0.29, 0.717) is 6.54 Å². The second-order valence-electron chi connectivity index (χ2n) is 4.30. The van der Waals surface area contributed by atoms with Gasteiger partial charge in [0.1, 0.15) is 0 Å². The smallest absolute Gasteiger partial charge is 0.677 e. The summed E-state index contributed by atoms with van der Waals surface area (Å²) in [4.78, 5) is 0. The van der Waals surface area contributed by atoms with Gasteiger partial charge in [0.05, 0.1) is 0 Å². The molecule has 116 valence electrons.